The van der Waals surface area contributed by atoms with E-state index < -0.39 is 23.2 Å². The van der Waals surface area contributed by atoms with Crippen molar-refractivity contribution in [1.29, 1.82) is 0 Å². The molecule has 0 spiro atoms. The maximum absolute atomic E-state index is 13.5. The summed E-state index contributed by atoms with van der Waals surface area (Å²) in [6, 6.07) is 3.71. The van der Waals surface area contributed by atoms with Gasteiger partial charge in [-0.1, -0.05) is 0 Å². The highest BCUT2D eigenvalue weighted by atomic mass is 79.9. The summed E-state index contributed by atoms with van der Waals surface area (Å²) in [5.41, 5.74) is 1.33. The molecule has 8 heteroatoms. The summed E-state index contributed by atoms with van der Waals surface area (Å²) in [6.07, 6.45) is 0. The van der Waals surface area contributed by atoms with Crippen molar-refractivity contribution < 1.29 is 13.6 Å². The predicted molar refractivity (Wildman–Crippen MR) is 77.4 cm³/mol. The third-order valence-electron chi connectivity index (χ3n) is 2.55. The highest BCUT2D eigenvalue weighted by Crippen LogP contribution is 2.23. The normalized spacial score (nSPS) is 10.4. The van der Waals surface area contributed by atoms with Gasteiger partial charge in [0.2, 0.25) is 0 Å². The van der Waals surface area contributed by atoms with Crippen molar-refractivity contribution in [3.8, 4) is 0 Å². The number of hydrogen-bond acceptors (Lipinski definition) is 4. The molecule has 1 heterocycles. The van der Waals surface area contributed by atoms with E-state index in [4.69, 9.17) is 5.84 Å². The van der Waals surface area contributed by atoms with Crippen molar-refractivity contribution in [2.45, 2.75) is 6.54 Å². The number of nitrogen functional groups attached to an aromatic ring is 1. The van der Waals surface area contributed by atoms with Gasteiger partial charge in [0.05, 0.1) is 6.54 Å². The molecule has 0 saturated heterocycles. The van der Waals surface area contributed by atoms with Crippen LogP contribution >= 0.6 is 27.3 Å². The first-order chi connectivity index (χ1) is 9.52. The minimum absolute atomic E-state index is 0.105. The van der Waals surface area contributed by atoms with E-state index in [9.17, 15) is 13.6 Å². The van der Waals surface area contributed by atoms with Crippen LogP contribution in [0.2, 0.25) is 0 Å². The number of nitrogens with two attached hydrogens (primary N) is 1. The van der Waals surface area contributed by atoms with Crippen LogP contribution in [-0.2, 0) is 6.54 Å². The third kappa shape index (κ3) is 3.14. The van der Waals surface area contributed by atoms with Gasteiger partial charge in [-0.15, -0.1) is 11.3 Å². The van der Waals surface area contributed by atoms with Gasteiger partial charge < -0.3 is 10.7 Å². The molecule has 2 aromatic rings. The molecule has 1 aromatic heterocycles. The van der Waals surface area contributed by atoms with E-state index in [2.05, 4.69) is 21.2 Å². The largest absolute Gasteiger partial charge is 0.347 e. The van der Waals surface area contributed by atoms with Crippen molar-refractivity contribution in [1.82, 2.24) is 5.32 Å². The number of nitrogens with one attached hydrogen (secondary N) is 2. The van der Waals surface area contributed by atoms with Crippen LogP contribution in [0.1, 0.15) is 15.2 Å². The fourth-order valence-corrected chi connectivity index (χ4v) is 2.99. The van der Waals surface area contributed by atoms with Crippen LogP contribution < -0.4 is 16.6 Å². The second-order valence-electron chi connectivity index (χ2n) is 3.83. The molecule has 0 radical (unpaired) electrons. The molecule has 0 atom stereocenters. The second kappa shape index (κ2) is 6.29. The van der Waals surface area contributed by atoms with Gasteiger partial charge >= 0.3 is 0 Å². The Labute approximate surface area is 126 Å². The Balaban J connectivity index is 2.12. The average Bonchev–Trinajstić information content (AvgIpc) is 2.81. The van der Waals surface area contributed by atoms with Gasteiger partial charge in [-0.25, -0.2) is 8.78 Å². The molecule has 2 rings (SSSR count). The highest BCUT2D eigenvalue weighted by molar-refractivity contribution is 9.10. The number of amides is 1. The summed E-state index contributed by atoms with van der Waals surface area (Å²) in [4.78, 5) is 12.8. The highest BCUT2D eigenvalue weighted by Gasteiger charge is 2.14. The first kappa shape index (κ1) is 14.9. The zero-order valence-electron chi connectivity index (χ0n) is 10.0. The van der Waals surface area contributed by atoms with Crippen molar-refractivity contribution in [2.24, 2.45) is 5.84 Å². The number of hydrazine groups is 1. The van der Waals surface area contributed by atoms with E-state index in [1.54, 1.807) is 0 Å². The zero-order chi connectivity index (χ0) is 14.7. The Morgan fingerprint density at radius 2 is 2.00 bits per heavy atom. The van der Waals surface area contributed by atoms with Gasteiger partial charge in [0.1, 0.15) is 5.69 Å². The number of benzene rings is 1. The van der Waals surface area contributed by atoms with Crippen molar-refractivity contribution in [3.63, 3.8) is 0 Å². The number of carbonyl (C=O) groups is 1. The van der Waals surface area contributed by atoms with Gasteiger partial charge in [0.15, 0.2) is 11.6 Å². The number of anilines is 1. The number of thiophene rings is 1. The van der Waals surface area contributed by atoms with Gasteiger partial charge in [0.25, 0.3) is 5.91 Å². The Kier molecular flexibility index (Phi) is 4.69. The van der Waals surface area contributed by atoms with E-state index >= 15 is 0 Å². The van der Waals surface area contributed by atoms with Crippen LogP contribution in [0.4, 0.5) is 14.5 Å². The standard InChI is InChI=1S/C12H10BrF2N3OS/c13-7-1-2-20-10(7)5-17-12(19)6-3-8(14)11(18-16)9(15)4-6/h1-4,18H,5,16H2,(H,17,19). The molecule has 0 unspecified atom stereocenters. The summed E-state index contributed by atoms with van der Waals surface area (Å²) < 4.78 is 27.8. The molecule has 0 fully saturated rings. The van der Waals surface area contributed by atoms with E-state index in [-0.39, 0.29) is 12.1 Å². The van der Waals surface area contributed by atoms with Gasteiger partial charge in [-0.05, 0) is 39.5 Å². The number of carbonyl (C=O) groups excluding carboxylic acids is 1. The van der Waals surface area contributed by atoms with Crippen molar-refractivity contribution in [3.05, 3.63) is 50.1 Å². The Bertz CT molecular complexity index is 624. The summed E-state index contributed by atoms with van der Waals surface area (Å²) in [7, 11) is 0. The van der Waals surface area contributed by atoms with E-state index in [1.165, 1.54) is 11.3 Å². The van der Waals surface area contributed by atoms with Crippen LogP contribution in [0.15, 0.2) is 28.1 Å². The molecule has 1 aromatic carbocycles. The quantitative estimate of drug-likeness (QED) is 0.579. The predicted octanol–water partition coefficient (Wildman–Crippen LogP) is 3.00. The lowest BCUT2D eigenvalue weighted by atomic mass is 10.1. The van der Waals surface area contributed by atoms with Crippen molar-refractivity contribution in [2.75, 3.05) is 5.43 Å². The minimum Gasteiger partial charge on any atom is -0.347 e. The van der Waals surface area contributed by atoms with E-state index in [0.29, 0.717) is 0 Å². The molecule has 0 aliphatic carbocycles. The SMILES string of the molecule is NNc1c(F)cc(C(=O)NCc2sccc2Br)cc1F. The maximum Gasteiger partial charge on any atom is 0.251 e. The summed E-state index contributed by atoms with van der Waals surface area (Å²) in [5.74, 6) is 2.58. The monoisotopic (exact) mass is 361 g/mol. The molecule has 1 amide bonds. The first-order valence-corrected chi connectivity index (χ1v) is 7.16. The zero-order valence-corrected chi connectivity index (χ0v) is 12.4. The average molecular weight is 362 g/mol. The third-order valence-corrected chi connectivity index (χ3v) is 4.48. The summed E-state index contributed by atoms with van der Waals surface area (Å²) >= 11 is 4.79. The van der Waals surface area contributed by atoms with Crippen molar-refractivity contribution >= 4 is 38.9 Å². The number of rotatable bonds is 4. The second-order valence-corrected chi connectivity index (χ2v) is 5.69. The van der Waals surface area contributed by atoms with Gasteiger partial charge in [0, 0.05) is 14.9 Å². The smallest absolute Gasteiger partial charge is 0.251 e. The van der Waals surface area contributed by atoms with Crippen LogP contribution in [0.3, 0.4) is 0 Å². The molecule has 0 saturated carbocycles. The Morgan fingerprint density at radius 3 is 2.50 bits per heavy atom. The Hall–Kier alpha value is -1.51. The lowest BCUT2D eigenvalue weighted by Crippen LogP contribution is -2.23. The fourth-order valence-electron chi connectivity index (χ4n) is 1.56. The molecule has 0 bridgehead atoms. The van der Waals surface area contributed by atoms with Gasteiger partial charge in [-0.3, -0.25) is 10.6 Å². The molecular formula is C12H10BrF2N3OS. The lowest BCUT2D eigenvalue weighted by molar-refractivity contribution is 0.0950. The summed E-state index contributed by atoms with van der Waals surface area (Å²) in [6.45, 7) is 0.275. The lowest BCUT2D eigenvalue weighted by Gasteiger charge is -2.08. The van der Waals surface area contributed by atoms with Crippen LogP contribution in [0.5, 0.6) is 0 Å². The van der Waals surface area contributed by atoms with E-state index in [0.717, 1.165) is 21.5 Å². The first-order valence-electron chi connectivity index (χ1n) is 5.48. The number of hydrogen-bond donors (Lipinski definition) is 3. The molecule has 4 nitrogen and oxygen atoms in total. The van der Waals surface area contributed by atoms with Crippen LogP contribution in [0, 0.1) is 11.6 Å². The van der Waals surface area contributed by atoms with Crippen LogP contribution in [-0.4, -0.2) is 5.91 Å². The molecule has 4 N–H and O–H groups in total. The number of halogens is 3. The topological polar surface area (TPSA) is 67.1 Å². The fraction of sp³-hybridized carbons (Fsp3) is 0.0833. The molecule has 20 heavy (non-hydrogen) atoms. The van der Waals surface area contributed by atoms with Gasteiger partial charge in [-0.2, -0.15) is 0 Å². The molecule has 0 aliphatic rings. The van der Waals surface area contributed by atoms with Crippen LogP contribution in [0.25, 0.3) is 0 Å². The summed E-state index contributed by atoms with van der Waals surface area (Å²) in [5, 5.41) is 4.46. The molecular weight excluding hydrogens is 352 g/mol. The van der Waals surface area contributed by atoms with E-state index in [1.807, 2.05) is 16.9 Å². The maximum atomic E-state index is 13.5. The molecule has 106 valence electrons. The minimum atomic E-state index is -0.921. The molecule has 0 aliphatic heterocycles. The Morgan fingerprint density at radius 1 is 1.35 bits per heavy atom.